The summed E-state index contributed by atoms with van der Waals surface area (Å²) in [5, 5.41) is 9.39. The summed E-state index contributed by atoms with van der Waals surface area (Å²) in [5.41, 5.74) is 2.35. The van der Waals surface area contributed by atoms with Crippen molar-refractivity contribution >= 4 is 49.6 Å². The number of hydrogen-bond acceptors (Lipinski definition) is 5. The Morgan fingerprint density at radius 2 is 2.04 bits per heavy atom. The van der Waals surface area contributed by atoms with Gasteiger partial charge in [0.1, 0.15) is 0 Å². The molecule has 5 nitrogen and oxygen atoms in total. The summed E-state index contributed by atoms with van der Waals surface area (Å²) in [6.07, 6.45) is 0. The van der Waals surface area contributed by atoms with Crippen LogP contribution in [0.15, 0.2) is 47.3 Å². The van der Waals surface area contributed by atoms with Crippen LogP contribution in [0.25, 0.3) is 15.9 Å². The van der Waals surface area contributed by atoms with E-state index in [0.717, 1.165) is 11.3 Å². The Balaban J connectivity index is 1.82. The fourth-order valence-corrected chi connectivity index (χ4v) is 3.29. The van der Waals surface area contributed by atoms with Crippen LogP contribution in [0.1, 0.15) is 5.56 Å². The van der Waals surface area contributed by atoms with Gasteiger partial charge in [-0.1, -0.05) is 35.1 Å². The van der Waals surface area contributed by atoms with Crippen molar-refractivity contribution in [3.63, 3.8) is 0 Å². The van der Waals surface area contributed by atoms with Gasteiger partial charge in [0.25, 0.3) is 5.56 Å². The van der Waals surface area contributed by atoms with Gasteiger partial charge in [0.05, 0.1) is 10.9 Å². The summed E-state index contributed by atoms with van der Waals surface area (Å²) in [7, 11) is 0. The van der Waals surface area contributed by atoms with Crippen LogP contribution in [0.5, 0.6) is 0 Å². The van der Waals surface area contributed by atoms with Crippen LogP contribution < -0.4 is 10.9 Å². The number of nitrogens with zero attached hydrogens (tertiary/aromatic N) is 3. The SMILES string of the molecule is Cc1cc(Nc2nn3c(=O)c4ccccc4nc3s2)ccc1Cl. The Morgan fingerprint density at radius 1 is 1.22 bits per heavy atom. The molecule has 0 bridgehead atoms. The second kappa shape index (κ2) is 5.33. The van der Waals surface area contributed by atoms with Crippen molar-refractivity contribution in [3.05, 3.63) is 63.4 Å². The first-order valence-electron chi connectivity index (χ1n) is 6.93. The first-order valence-corrected chi connectivity index (χ1v) is 8.13. The minimum atomic E-state index is -0.165. The number of aromatic nitrogens is 3. The van der Waals surface area contributed by atoms with Crippen molar-refractivity contribution < 1.29 is 0 Å². The fraction of sp³-hybridized carbons (Fsp3) is 0.0625. The van der Waals surface area contributed by atoms with Gasteiger partial charge < -0.3 is 5.32 Å². The molecule has 2 heterocycles. The summed E-state index contributed by atoms with van der Waals surface area (Å²) in [5.74, 6) is 0. The van der Waals surface area contributed by atoms with Crippen LogP contribution >= 0.6 is 22.9 Å². The Labute approximate surface area is 140 Å². The van der Waals surface area contributed by atoms with E-state index in [9.17, 15) is 4.79 Å². The molecule has 0 spiro atoms. The van der Waals surface area contributed by atoms with Gasteiger partial charge in [-0.3, -0.25) is 4.79 Å². The van der Waals surface area contributed by atoms with Crippen molar-refractivity contribution in [3.8, 4) is 0 Å². The molecular weight excluding hydrogens is 332 g/mol. The van der Waals surface area contributed by atoms with Crippen molar-refractivity contribution in [2.45, 2.75) is 6.92 Å². The quantitative estimate of drug-likeness (QED) is 0.598. The van der Waals surface area contributed by atoms with Crippen LogP contribution in [0.3, 0.4) is 0 Å². The highest BCUT2D eigenvalue weighted by Crippen LogP contribution is 2.25. The third-order valence-corrected chi connectivity index (χ3v) is 4.76. The highest BCUT2D eigenvalue weighted by atomic mass is 35.5. The van der Waals surface area contributed by atoms with Crippen molar-refractivity contribution in [1.82, 2.24) is 14.6 Å². The maximum Gasteiger partial charge on any atom is 0.283 e. The number of aryl methyl sites for hydroxylation is 1. The van der Waals surface area contributed by atoms with Gasteiger partial charge in [-0.2, -0.15) is 4.52 Å². The number of benzene rings is 2. The third kappa shape index (κ3) is 2.46. The average molecular weight is 343 g/mol. The largest absolute Gasteiger partial charge is 0.330 e. The third-order valence-electron chi connectivity index (χ3n) is 3.51. The number of halogens is 1. The second-order valence-corrected chi connectivity index (χ2v) is 6.49. The number of para-hydroxylation sites is 1. The highest BCUT2D eigenvalue weighted by Gasteiger charge is 2.11. The molecule has 0 saturated heterocycles. The maximum absolute atomic E-state index is 12.5. The molecule has 0 amide bonds. The van der Waals surface area contributed by atoms with E-state index in [1.807, 2.05) is 43.3 Å². The maximum atomic E-state index is 12.5. The van der Waals surface area contributed by atoms with E-state index >= 15 is 0 Å². The van der Waals surface area contributed by atoms with Crippen LogP contribution in [-0.2, 0) is 0 Å². The van der Waals surface area contributed by atoms with Crippen molar-refractivity contribution in [1.29, 1.82) is 0 Å². The van der Waals surface area contributed by atoms with Crippen molar-refractivity contribution in [2.24, 2.45) is 0 Å². The van der Waals surface area contributed by atoms with E-state index in [2.05, 4.69) is 15.4 Å². The summed E-state index contributed by atoms with van der Waals surface area (Å²) in [6, 6.07) is 12.9. The Morgan fingerprint density at radius 3 is 2.87 bits per heavy atom. The molecule has 4 aromatic rings. The summed E-state index contributed by atoms with van der Waals surface area (Å²) < 4.78 is 1.33. The van der Waals surface area contributed by atoms with E-state index < -0.39 is 0 Å². The first kappa shape index (κ1) is 14.2. The normalized spacial score (nSPS) is 11.2. The number of rotatable bonds is 2. The number of anilines is 2. The molecule has 2 aromatic carbocycles. The van der Waals surface area contributed by atoms with Gasteiger partial charge in [0.15, 0.2) is 0 Å². The second-order valence-electron chi connectivity index (χ2n) is 5.12. The van der Waals surface area contributed by atoms with Gasteiger partial charge in [-0.15, -0.1) is 5.10 Å². The van der Waals surface area contributed by atoms with Gasteiger partial charge in [-0.25, -0.2) is 4.98 Å². The predicted octanol–water partition coefficient (Wildman–Crippen LogP) is 4.01. The summed E-state index contributed by atoms with van der Waals surface area (Å²) >= 11 is 7.36. The molecule has 2 aromatic heterocycles. The molecule has 23 heavy (non-hydrogen) atoms. The van der Waals surface area contributed by atoms with Gasteiger partial charge in [-0.05, 0) is 42.8 Å². The molecule has 7 heteroatoms. The highest BCUT2D eigenvalue weighted by molar-refractivity contribution is 7.20. The van der Waals surface area contributed by atoms with E-state index in [1.54, 1.807) is 6.07 Å². The standard InChI is InChI=1S/C16H11ClN4OS/c1-9-8-10(6-7-12(9)17)18-15-20-21-14(22)11-4-2-3-5-13(11)19-16(21)23-15/h2-8H,1H3,(H,18,20). The molecule has 0 aliphatic heterocycles. The molecule has 0 saturated carbocycles. The lowest BCUT2D eigenvalue weighted by atomic mass is 10.2. The predicted molar refractivity (Wildman–Crippen MR) is 94.1 cm³/mol. The van der Waals surface area contributed by atoms with E-state index in [-0.39, 0.29) is 5.56 Å². The Hall–Kier alpha value is -2.44. The van der Waals surface area contributed by atoms with Gasteiger partial charge in [0, 0.05) is 10.7 Å². The number of nitrogens with one attached hydrogen (secondary N) is 1. The lowest BCUT2D eigenvalue weighted by Crippen LogP contribution is -2.15. The zero-order valence-corrected chi connectivity index (χ0v) is 13.6. The number of fused-ring (bicyclic) bond motifs is 2. The summed E-state index contributed by atoms with van der Waals surface area (Å²) in [4.78, 5) is 17.5. The van der Waals surface area contributed by atoms with Gasteiger partial charge in [0.2, 0.25) is 10.1 Å². The molecule has 0 aliphatic rings. The minimum Gasteiger partial charge on any atom is -0.330 e. The van der Waals surface area contributed by atoms with Crippen LogP contribution in [0.4, 0.5) is 10.8 Å². The van der Waals surface area contributed by atoms with Crippen LogP contribution in [0, 0.1) is 6.92 Å². The topological polar surface area (TPSA) is 59.3 Å². The molecule has 114 valence electrons. The zero-order chi connectivity index (χ0) is 16.0. The smallest absolute Gasteiger partial charge is 0.283 e. The number of hydrogen-bond donors (Lipinski definition) is 1. The molecule has 0 atom stereocenters. The van der Waals surface area contributed by atoms with E-state index in [4.69, 9.17) is 11.6 Å². The monoisotopic (exact) mass is 342 g/mol. The Bertz CT molecular complexity index is 1100. The lowest BCUT2D eigenvalue weighted by Gasteiger charge is -2.04. The molecule has 0 aliphatic carbocycles. The lowest BCUT2D eigenvalue weighted by molar-refractivity contribution is 0.919. The van der Waals surface area contributed by atoms with Gasteiger partial charge >= 0.3 is 0 Å². The average Bonchev–Trinajstić information content (AvgIpc) is 2.94. The van der Waals surface area contributed by atoms with Crippen LogP contribution in [0.2, 0.25) is 5.02 Å². The Kier molecular flexibility index (Phi) is 3.28. The fourth-order valence-electron chi connectivity index (χ4n) is 2.35. The molecule has 1 N–H and O–H groups in total. The molecule has 0 fully saturated rings. The van der Waals surface area contributed by atoms with Crippen molar-refractivity contribution in [2.75, 3.05) is 5.32 Å². The summed E-state index contributed by atoms with van der Waals surface area (Å²) in [6.45, 7) is 1.94. The van der Waals surface area contributed by atoms with E-state index in [1.165, 1.54) is 15.9 Å². The molecule has 4 rings (SSSR count). The minimum absolute atomic E-state index is 0.165. The zero-order valence-electron chi connectivity index (χ0n) is 12.1. The first-order chi connectivity index (χ1) is 11.1. The molecule has 0 unspecified atom stereocenters. The molecular formula is C16H11ClN4OS. The van der Waals surface area contributed by atoms with Crippen LogP contribution in [-0.4, -0.2) is 14.6 Å². The molecule has 0 radical (unpaired) electrons. The van der Waals surface area contributed by atoms with E-state index in [0.29, 0.717) is 26.0 Å².